The van der Waals surface area contributed by atoms with Crippen LogP contribution in [0.15, 0.2) is 17.5 Å². The summed E-state index contributed by atoms with van der Waals surface area (Å²) in [6.07, 6.45) is 2.88. The van der Waals surface area contributed by atoms with Crippen LogP contribution in [-0.4, -0.2) is 17.0 Å². The zero-order chi connectivity index (χ0) is 13.4. The second-order valence-electron chi connectivity index (χ2n) is 5.52. The van der Waals surface area contributed by atoms with Crippen LogP contribution in [0.25, 0.3) is 0 Å². The van der Waals surface area contributed by atoms with Gasteiger partial charge in [-0.1, -0.05) is 6.07 Å². The van der Waals surface area contributed by atoms with Gasteiger partial charge in [-0.3, -0.25) is 9.59 Å². The average molecular weight is 279 g/mol. The van der Waals surface area contributed by atoms with E-state index in [-0.39, 0.29) is 23.7 Å². The molecule has 2 fully saturated rings. The van der Waals surface area contributed by atoms with Gasteiger partial charge in [0.15, 0.2) is 0 Å². The highest BCUT2D eigenvalue weighted by Crippen LogP contribution is 2.52. The van der Waals surface area contributed by atoms with Crippen molar-refractivity contribution in [3.05, 3.63) is 22.4 Å². The first-order valence-electron chi connectivity index (χ1n) is 6.69. The Morgan fingerprint density at radius 1 is 1.32 bits per heavy atom. The van der Waals surface area contributed by atoms with Crippen molar-refractivity contribution < 1.29 is 14.7 Å². The molecule has 0 spiro atoms. The summed E-state index contributed by atoms with van der Waals surface area (Å²) >= 11 is 1.60. The molecule has 4 atom stereocenters. The molecular formula is C14H17NO3S. The molecule has 2 aliphatic rings. The van der Waals surface area contributed by atoms with Gasteiger partial charge in [-0.15, -0.1) is 11.3 Å². The summed E-state index contributed by atoms with van der Waals surface area (Å²) in [6.45, 7) is 0.511. The molecule has 0 aromatic carbocycles. The van der Waals surface area contributed by atoms with Gasteiger partial charge in [-0.2, -0.15) is 0 Å². The van der Waals surface area contributed by atoms with Crippen molar-refractivity contribution in [2.75, 3.05) is 0 Å². The Labute approximate surface area is 115 Å². The standard InChI is InChI=1S/C14H17NO3S/c16-13(15-7-10-2-1-5-19-10)11-8-3-4-9(6-8)12(11)14(17)18/h1-2,5,8-9,11-12H,3-4,6-7H2,(H,15,16)(H,17,18)/t8-,9-,11+,12+/m0/s1. The molecule has 1 aromatic rings. The third kappa shape index (κ3) is 2.27. The lowest BCUT2D eigenvalue weighted by molar-refractivity contribution is -0.149. The maximum atomic E-state index is 12.3. The molecular weight excluding hydrogens is 262 g/mol. The van der Waals surface area contributed by atoms with Crippen LogP contribution in [0.5, 0.6) is 0 Å². The average Bonchev–Trinajstić information content (AvgIpc) is 3.10. The molecule has 3 rings (SSSR count). The summed E-state index contributed by atoms with van der Waals surface area (Å²) in [5, 5.41) is 14.2. The van der Waals surface area contributed by atoms with Crippen molar-refractivity contribution in [3.63, 3.8) is 0 Å². The van der Waals surface area contributed by atoms with Crippen molar-refractivity contribution in [1.29, 1.82) is 0 Å². The minimum atomic E-state index is -0.802. The molecule has 2 saturated carbocycles. The number of hydrogen-bond acceptors (Lipinski definition) is 3. The van der Waals surface area contributed by atoms with Crippen LogP contribution in [0.3, 0.4) is 0 Å². The predicted molar refractivity (Wildman–Crippen MR) is 71.6 cm³/mol. The second kappa shape index (κ2) is 4.96. The van der Waals surface area contributed by atoms with Gasteiger partial charge < -0.3 is 10.4 Å². The van der Waals surface area contributed by atoms with Crippen LogP contribution < -0.4 is 5.32 Å². The highest BCUT2D eigenvalue weighted by molar-refractivity contribution is 7.09. The van der Waals surface area contributed by atoms with Crippen molar-refractivity contribution in [3.8, 4) is 0 Å². The van der Waals surface area contributed by atoms with Gasteiger partial charge in [0.2, 0.25) is 5.91 Å². The lowest BCUT2D eigenvalue weighted by Gasteiger charge is -2.26. The molecule has 2 bridgehead atoms. The van der Waals surface area contributed by atoms with E-state index in [1.807, 2.05) is 17.5 Å². The summed E-state index contributed by atoms with van der Waals surface area (Å²) in [4.78, 5) is 24.7. The topological polar surface area (TPSA) is 66.4 Å². The van der Waals surface area contributed by atoms with Crippen LogP contribution in [0.1, 0.15) is 24.1 Å². The van der Waals surface area contributed by atoms with Crippen LogP contribution in [-0.2, 0) is 16.1 Å². The van der Waals surface area contributed by atoms with Crippen molar-refractivity contribution >= 4 is 23.2 Å². The van der Waals surface area contributed by atoms with Gasteiger partial charge in [0.05, 0.1) is 18.4 Å². The molecule has 0 unspecified atom stereocenters. The fraction of sp³-hybridized carbons (Fsp3) is 0.571. The second-order valence-corrected chi connectivity index (χ2v) is 6.55. The Bertz CT molecular complexity index is 485. The molecule has 1 amide bonds. The van der Waals surface area contributed by atoms with Crippen LogP contribution in [0, 0.1) is 23.7 Å². The zero-order valence-electron chi connectivity index (χ0n) is 10.5. The SMILES string of the molecule is O=C(O)[C@@H]1[C@H]2CC[C@@H](C2)[C@H]1C(=O)NCc1cccs1. The number of nitrogens with one attached hydrogen (secondary N) is 1. The zero-order valence-corrected chi connectivity index (χ0v) is 11.4. The van der Waals surface area contributed by atoms with Crippen molar-refractivity contribution in [2.24, 2.45) is 23.7 Å². The van der Waals surface area contributed by atoms with E-state index in [1.54, 1.807) is 11.3 Å². The largest absolute Gasteiger partial charge is 0.481 e. The maximum Gasteiger partial charge on any atom is 0.307 e. The minimum Gasteiger partial charge on any atom is -0.481 e. The first-order chi connectivity index (χ1) is 9.16. The number of amides is 1. The molecule has 0 aliphatic heterocycles. The highest BCUT2D eigenvalue weighted by atomic mass is 32.1. The molecule has 2 aliphatic carbocycles. The Kier molecular flexibility index (Phi) is 3.31. The van der Waals surface area contributed by atoms with Crippen LogP contribution in [0.4, 0.5) is 0 Å². The smallest absolute Gasteiger partial charge is 0.307 e. The van der Waals surface area contributed by atoms with Gasteiger partial charge >= 0.3 is 5.97 Å². The summed E-state index contributed by atoms with van der Waals surface area (Å²) < 4.78 is 0. The number of rotatable bonds is 4. The van der Waals surface area contributed by atoms with E-state index in [4.69, 9.17) is 0 Å². The highest BCUT2D eigenvalue weighted by Gasteiger charge is 2.53. The van der Waals surface area contributed by atoms with E-state index in [1.165, 1.54) is 0 Å². The first-order valence-corrected chi connectivity index (χ1v) is 7.57. The van der Waals surface area contributed by atoms with E-state index in [0.717, 1.165) is 24.1 Å². The molecule has 5 heteroatoms. The monoisotopic (exact) mass is 279 g/mol. The van der Waals surface area contributed by atoms with E-state index in [2.05, 4.69) is 5.32 Å². The van der Waals surface area contributed by atoms with Crippen molar-refractivity contribution in [1.82, 2.24) is 5.32 Å². The minimum absolute atomic E-state index is 0.0759. The normalized spacial score (nSPS) is 32.4. The molecule has 2 N–H and O–H groups in total. The van der Waals surface area contributed by atoms with Gasteiger partial charge in [0, 0.05) is 4.88 Å². The van der Waals surface area contributed by atoms with E-state index in [0.29, 0.717) is 6.54 Å². The van der Waals surface area contributed by atoms with Crippen LogP contribution >= 0.6 is 11.3 Å². The number of carboxylic acid groups (broad SMARTS) is 1. The van der Waals surface area contributed by atoms with Gasteiger partial charge in [-0.05, 0) is 42.5 Å². The number of fused-ring (bicyclic) bond motifs is 2. The first kappa shape index (κ1) is 12.7. The predicted octanol–water partition coefficient (Wildman–Crippen LogP) is 2.11. The number of aliphatic carboxylic acids is 1. The molecule has 0 saturated heterocycles. The Morgan fingerprint density at radius 3 is 2.68 bits per heavy atom. The molecule has 1 heterocycles. The van der Waals surface area contributed by atoms with Gasteiger partial charge in [0.1, 0.15) is 0 Å². The fourth-order valence-electron chi connectivity index (χ4n) is 3.73. The summed E-state index contributed by atoms with van der Waals surface area (Å²) in [7, 11) is 0. The molecule has 4 nitrogen and oxygen atoms in total. The quantitative estimate of drug-likeness (QED) is 0.887. The fourth-order valence-corrected chi connectivity index (χ4v) is 4.37. The lowest BCUT2D eigenvalue weighted by atomic mass is 9.79. The number of hydrogen-bond donors (Lipinski definition) is 2. The maximum absolute atomic E-state index is 12.3. The van der Waals surface area contributed by atoms with Gasteiger partial charge in [-0.25, -0.2) is 0 Å². The summed E-state index contributed by atoms with van der Waals surface area (Å²) in [5.74, 6) is -1.19. The number of carboxylic acids is 1. The number of carbonyl (C=O) groups is 2. The Balaban J connectivity index is 1.66. The summed E-state index contributed by atoms with van der Waals surface area (Å²) in [5.41, 5.74) is 0. The molecule has 1 aromatic heterocycles. The Morgan fingerprint density at radius 2 is 2.05 bits per heavy atom. The summed E-state index contributed by atoms with van der Waals surface area (Å²) in [6, 6.07) is 3.92. The number of carbonyl (C=O) groups excluding carboxylic acids is 1. The third-order valence-corrected chi connectivity index (χ3v) is 5.40. The van der Waals surface area contributed by atoms with E-state index < -0.39 is 11.9 Å². The molecule has 0 radical (unpaired) electrons. The molecule has 19 heavy (non-hydrogen) atoms. The van der Waals surface area contributed by atoms with Crippen LogP contribution in [0.2, 0.25) is 0 Å². The lowest BCUT2D eigenvalue weighted by Crippen LogP contribution is -2.40. The van der Waals surface area contributed by atoms with E-state index >= 15 is 0 Å². The number of thiophene rings is 1. The Hall–Kier alpha value is -1.36. The van der Waals surface area contributed by atoms with Gasteiger partial charge in [0.25, 0.3) is 0 Å². The third-order valence-electron chi connectivity index (χ3n) is 4.52. The molecule has 102 valence electrons. The van der Waals surface area contributed by atoms with E-state index in [9.17, 15) is 14.7 Å². The van der Waals surface area contributed by atoms with Crippen molar-refractivity contribution in [2.45, 2.75) is 25.8 Å².